The number of ether oxygens (including phenoxy) is 1. The van der Waals surface area contributed by atoms with Gasteiger partial charge in [0.25, 0.3) is 5.91 Å². The third kappa shape index (κ3) is 3.58. The molecule has 2 aliphatic rings. The molecule has 0 aromatic heterocycles. The number of carbonyl (C=O) groups is 5. The van der Waals surface area contributed by atoms with Crippen LogP contribution in [0.4, 0.5) is 0 Å². The van der Waals surface area contributed by atoms with Gasteiger partial charge in [0.2, 0.25) is 5.91 Å². The lowest BCUT2D eigenvalue weighted by atomic mass is 10.0. The van der Waals surface area contributed by atoms with Crippen molar-refractivity contribution in [2.24, 2.45) is 0 Å². The Bertz CT molecular complexity index is 658. The van der Waals surface area contributed by atoms with Gasteiger partial charge in [0.15, 0.2) is 0 Å². The van der Waals surface area contributed by atoms with Gasteiger partial charge in [-0.25, -0.2) is 4.79 Å². The Morgan fingerprint density at radius 1 is 1.33 bits per heavy atom. The van der Waals surface area contributed by atoms with Gasteiger partial charge in [0, 0.05) is 18.2 Å². The molecule has 0 saturated carbocycles. The molecule has 9 nitrogen and oxygen atoms in total. The lowest BCUT2D eigenvalue weighted by Gasteiger charge is -2.49. The number of thioether (sulfide) groups is 1. The molecule has 2 rings (SSSR count). The number of rotatable bonds is 6. The van der Waals surface area contributed by atoms with Crippen molar-refractivity contribution in [2.45, 2.75) is 31.7 Å². The van der Waals surface area contributed by atoms with Crippen LogP contribution >= 0.6 is 11.8 Å². The second-order valence-electron chi connectivity index (χ2n) is 5.37. The first-order chi connectivity index (χ1) is 11.2. The van der Waals surface area contributed by atoms with Crippen LogP contribution in [0.2, 0.25) is 0 Å². The molecule has 0 radical (unpaired) electrons. The van der Waals surface area contributed by atoms with Gasteiger partial charge in [-0.1, -0.05) is 0 Å². The van der Waals surface area contributed by atoms with Crippen molar-refractivity contribution in [1.29, 1.82) is 0 Å². The molecule has 1 fully saturated rings. The third-order valence-corrected chi connectivity index (χ3v) is 4.77. The molecule has 2 heterocycles. The van der Waals surface area contributed by atoms with Crippen molar-refractivity contribution in [3.05, 3.63) is 11.3 Å². The van der Waals surface area contributed by atoms with Gasteiger partial charge >= 0.3 is 11.9 Å². The zero-order valence-electron chi connectivity index (χ0n) is 13.0. The number of nitrogens with zero attached hydrogens (tertiary/aromatic N) is 1. The van der Waals surface area contributed by atoms with Crippen LogP contribution in [-0.2, 0) is 28.7 Å². The van der Waals surface area contributed by atoms with Crippen molar-refractivity contribution in [3.8, 4) is 0 Å². The number of esters is 1. The molecule has 2 N–H and O–H groups in total. The standard InChI is InChI=1S/C14H16N2O7S/c1-6(17)3-9(19)15-10-12(20)16-11(14(21)22)8(4-23-7(2)18)5-24-13(10)16/h10,13H,3-5H2,1-2H3,(H,15,19)(H,21,22)/t10-,13-/m1/s1. The molecule has 1 saturated heterocycles. The molecule has 24 heavy (non-hydrogen) atoms. The molecule has 2 aliphatic heterocycles. The highest BCUT2D eigenvalue weighted by molar-refractivity contribution is 8.00. The molecule has 0 aromatic carbocycles. The molecule has 2 atom stereocenters. The number of hydrogen-bond acceptors (Lipinski definition) is 7. The first kappa shape index (κ1) is 18.0. The number of nitrogens with one attached hydrogen (secondary N) is 1. The molecule has 0 unspecified atom stereocenters. The number of carbonyl (C=O) groups excluding carboxylic acids is 4. The van der Waals surface area contributed by atoms with E-state index < -0.39 is 35.2 Å². The second-order valence-corrected chi connectivity index (χ2v) is 6.48. The highest BCUT2D eigenvalue weighted by Crippen LogP contribution is 2.40. The summed E-state index contributed by atoms with van der Waals surface area (Å²) in [6.07, 6.45) is -0.333. The van der Waals surface area contributed by atoms with Crippen molar-refractivity contribution in [2.75, 3.05) is 12.4 Å². The molecule has 130 valence electrons. The van der Waals surface area contributed by atoms with Gasteiger partial charge < -0.3 is 15.2 Å². The van der Waals surface area contributed by atoms with Crippen LogP contribution in [0, 0.1) is 0 Å². The van der Waals surface area contributed by atoms with E-state index in [1.807, 2.05) is 0 Å². The van der Waals surface area contributed by atoms with Crippen LogP contribution in [0.15, 0.2) is 11.3 Å². The summed E-state index contributed by atoms with van der Waals surface area (Å²) >= 11 is 1.26. The Morgan fingerprint density at radius 3 is 2.54 bits per heavy atom. The molecule has 10 heteroatoms. The van der Waals surface area contributed by atoms with Crippen molar-refractivity contribution < 1.29 is 33.8 Å². The topological polar surface area (TPSA) is 130 Å². The molecule has 0 bridgehead atoms. The minimum atomic E-state index is -1.30. The number of amides is 2. The second kappa shape index (κ2) is 7.04. The van der Waals surface area contributed by atoms with Crippen LogP contribution in [0.5, 0.6) is 0 Å². The van der Waals surface area contributed by atoms with Gasteiger partial charge in [-0.3, -0.25) is 24.1 Å². The van der Waals surface area contributed by atoms with Gasteiger partial charge in [-0.15, -0.1) is 11.8 Å². The summed E-state index contributed by atoms with van der Waals surface area (Å²) < 4.78 is 4.82. The Morgan fingerprint density at radius 2 is 2.00 bits per heavy atom. The van der Waals surface area contributed by atoms with Crippen LogP contribution in [0.25, 0.3) is 0 Å². The maximum atomic E-state index is 12.2. The molecule has 2 amide bonds. The lowest BCUT2D eigenvalue weighted by molar-refractivity contribution is -0.151. The molecular formula is C14H16N2O7S. The highest BCUT2D eigenvalue weighted by atomic mass is 32.2. The number of β-lactam (4-membered cyclic amide) rings is 1. The fourth-order valence-electron chi connectivity index (χ4n) is 2.43. The molecular weight excluding hydrogens is 340 g/mol. The van der Waals surface area contributed by atoms with E-state index in [9.17, 15) is 29.1 Å². The predicted molar refractivity (Wildman–Crippen MR) is 81.6 cm³/mol. The Labute approximate surface area is 141 Å². The number of ketones is 1. The zero-order valence-corrected chi connectivity index (χ0v) is 13.8. The van der Waals surface area contributed by atoms with Crippen LogP contribution < -0.4 is 5.32 Å². The molecule has 0 spiro atoms. The van der Waals surface area contributed by atoms with E-state index in [0.29, 0.717) is 5.57 Å². The summed E-state index contributed by atoms with van der Waals surface area (Å²) in [5.41, 5.74) is 0.0999. The monoisotopic (exact) mass is 356 g/mol. The van der Waals surface area contributed by atoms with E-state index in [4.69, 9.17) is 4.74 Å². The SMILES string of the molecule is CC(=O)CC(=O)N[C@@H]1C(=O)N2C(C(=O)O)=C(COC(C)=O)CS[C@H]12. The van der Waals surface area contributed by atoms with Crippen molar-refractivity contribution >= 4 is 41.3 Å². The van der Waals surface area contributed by atoms with Crippen LogP contribution in [-0.4, -0.2) is 63.3 Å². The van der Waals surface area contributed by atoms with E-state index >= 15 is 0 Å². The van der Waals surface area contributed by atoms with E-state index in [-0.39, 0.29) is 30.3 Å². The number of carboxylic acid groups (broad SMARTS) is 1. The van der Waals surface area contributed by atoms with E-state index in [1.54, 1.807) is 0 Å². The van der Waals surface area contributed by atoms with Crippen LogP contribution in [0.1, 0.15) is 20.3 Å². The largest absolute Gasteiger partial charge is 0.477 e. The number of fused-ring (bicyclic) bond motifs is 1. The average Bonchev–Trinajstić information content (AvgIpc) is 2.48. The highest BCUT2D eigenvalue weighted by Gasteiger charge is 2.54. The smallest absolute Gasteiger partial charge is 0.352 e. The summed E-state index contributed by atoms with van der Waals surface area (Å²) in [4.78, 5) is 58.2. The summed E-state index contributed by atoms with van der Waals surface area (Å²) in [5, 5.41) is 11.3. The van der Waals surface area contributed by atoms with Crippen molar-refractivity contribution in [1.82, 2.24) is 10.2 Å². The number of Topliss-reactive ketones (excluding diaryl/α,β-unsaturated/α-hetero) is 1. The summed E-state index contributed by atoms with van der Waals surface area (Å²) in [7, 11) is 0. The van der Waals surface area contributed by atoms with E-state index in [2.05, 4.69) is 5.32 Å². The maximum absolute atomic E-state index is 12.2. The maximum Gasteiger partial charge on any atom is 0.352 e. The Kier molecular flexibility index (Phi) is 5.27. The van der Waals surface area contributed by atoms with E-state index in [0.717, 1.165) is 4.90 Å². The van der Waals surface area contributed by atoms with Gasteiger partial charge in [0.1, 0.15) is 29.5 Å². The van der Waals surface area contributed by atoms with Crippen LogP contribution in [0.3, 0.4) is 0 Å². The van der Waals surface area contributed by atoms with Crippen molar-refractivity contribution in [3.63, 3.8) is 0 Å². The third-order valence-electron chi connectivity index (χ3n) is 3.43. The number of aliphatic carboxylic acids is 1. The molecule has 0 aromatic rings. The lowest BCUT2D eigenvalue weighted by Crippen LogP contribution is -2.70. The van der Waals surface area contributed by atoms with Gasteiger partial charge in [0.05, 0.1) is 6.42 Å². The predicted octanol–water partition coefficient (Wildman–Crippen LogP) is -0.733. The number of carboxylic acids is 1. The van der Waals surface area contributed by atoms with Gasteiger partial charge in [-0.2, -0.15) is 0 Å². The fraction of sp³-hybridized carbons (Fsp3) is 0.500. The zero-order chi connectivity index (χ0) is 18.0. The summed E-state index contributed by atoms with van der Waals surface area (Å²) in [5.74, 6) is -3.08. The first-order valence-corrected chi connectivity index (χ1v) is 8.09. The minimum absolute atomic E-state index is 0.207. The summed E-state index contributed by atoms with van der Waals surface area (Å²) in [6, 6.07) is -0.869. The minimum Gasteiger partial charge on any atom is -0.477 e. The Balaban J connectivity index is 2.14. The average molecular weight is 356 g/mol. The molecule has 0 aliphatic carbocycles. The normalized spacial score (nSPS) is 22.4. The number of hydrogen-bond donors (Lipinski definition) is 2. The first-order valence-electron chi connectivity index (χ1n) is 7.04. The quantitative estimate of drug-likeness (QED) is 0.362. The summed E-state index contributed by atoms with van der Waals surface area (Å²) in [6.45, 7) is 2.26. The van der Waals surface area contributed by atoms with Gasteiger partial charge in [-0.05, 0) is 6.92 Å². The fourth-order valence-corrected chi connectivity index (χ4v) is 3.76. The van der Waals surface area contributed by atoms with E-state index in [1.165, 1.54) is 25.6 Å². The Hall–Kier alpha value is -2.36.